The van der Waals surface area contributed by atoms with Crippen molar-refractivity contribution in [3.8, 4) is 0 Å². The Morgan fingerprint density at radius 1 is 1.17 bits per heavy atom. The number of amides is 2. The van der Waals surface area contributed by atoms with Gasteiger partial charge >= 0.3 is 0 Å². The van der Waals surface area contributed by atoms with Gasteiger partial charge in [-0.3, -0.25) is 9.59 Å². The number of rotatable bonds is 4. The molecule has 1 aliphatic carbocycles. The lowest BCUT2D eigenvalue weighted by atomic mass is 9.78. The molecule has 2 aliphatic rings. The Bertz CT molecular complexity index is 878. The molecule has 3 heterocycles. The normalized spacial score (nSPS) is 26.0. The minimum absolute atomic E-state index is 0.0323. The number of carbonyl (C=O) groups is 2. The molecule has 1 saturated heterocycles. The smallest absolute Gasteiger partial charge is 0.270 e. The Balaban J connectivity index is 1.35. The molecule has 2 amide bonds. The summed E-state index contributed by atoms with van der Waals surface area (Å²) in [7, 11) is 0. The molecular formula is C23H33N3O2S. The van der Waals surface area contributed by atoms with Crippen molar-refractivity contribution in [1.29, 1.82) is 0 Å². The molecule has 6 heteroatoms. The first-order chi connectivity index (χ1) is 14.0. The molecule has 3 atom stereocenters. The zero-order valence-corrected chi connectivity index (χ0v) is 18.6. The van der Waals surface area contributed by atoms with E-state index in [9.17, 15) is 9.59 Å². The van der Waals surface area contributed by atoms with Crippen LogP contribution < -0.4 is 5.32 Å². The van der Waals surface area contributed by atoms with Gasteiger partial charge < -0.3 is 14.8 Å². The summed E-state index contributed by atoms with van der Waals surface area (Å²) in [5.74, 6) is 1.55. The second-order valence-corrected chi connectivity index (χ2v) is 9.84. The Morgan fingerprint density at radius 2 is 1.93 bits per heavy atom. The third-order valence-corrected chi connectivity index (χ3v) is 8.10. The van der Waals surface area contributed by atoms with Crippen LogP contribution >= 0.6 is 11.3 Å². The van der Waals surface area contributed by atoms with Crippen LogP contribution in [0.5, 0.6) is 0 Å². The minimum Gasteiger partial charge on any atom is -0.353 e. The van der Waals surface area contributed by atoms with Gasteiger partial charge in [-0.1, -0.05) is 26.7 Å². The number of nitrogens with one attached hydrogen (secondary N) is 1. The van der Waals surface area contributed by atoms with Gasteiger partial charge in [0.2, 0.25) is 5.91 Å². The maximum atomic E-state index is 13.1. The van der Waals surface area contributed by atoms with E-state index >= 15 is 0 Å². The monoisotopic (exact) mass is 415 g/mol. The maximum absolute atomic E-state index is 13.1. The van der Waals surface area contributed by atoms with Crippen LogP contribution in [0, 0.1) is 17.8 Å². The highest BCUT2D eigenvalue weighted by Crippen LogP contribution is 2.31. The number of piperidine rings is 1. The van der Waals surface area contributed by atoms with Crippen molar-refractivity contribution < 1.29 is 9.59 Å². The molecule has 1 saturated carbocycles. The quantitative estimate of drug-likeness (QED) is 0.798. The molecule has 0 spiro atoms. The van der Waals surface area contributed by atoms with Gasteiger partial charge in [-0.25, -0.2) is 0 Å². The highest BCUT2D eigenvalue weighted by atomic mass is 32.1. The molecule has 0 aromatic carbocycles. The van der Waals surface area contributed by atoms with Crippen molar-refractivity contribution >= 4 is 33.4 Å². The molecule has 0 unspecified atom stereocenters. The van der Waals surface area contributed by atoms with Crippen LogP contribution in [0.15, 0.2) is 17.5 Å². The van der Waals surface area contributed by atoms with E-state index < -0.39 is 0 Å². The molecule has 1 aliphatic heterocycles. The van der Waals surface area contributed by atoms with Crippen LogP contribution in [0.2, 0.25) is 0 Å². The van der Waals surface area contributed by atoms with Gasteiger partial charge in [0.15, 0.2) is 0 Å². The van der Waals surface area contributed by atoms with Gasteiger partial charge in [0.05, 0.1) is 10.2 Å². The zero-order valence-electron chi connectivity index (χ0n) is 17.8. The molecule has 5 nitrogen and oxygen atoms in total. The summed E-state index contributed by atoms with van der Waals surface area (Å²) < 4.78 is 3.28. The Labute approximate surface area is 177 Å². The highest BCUT2D eigenvalue weighted by Gasteiger charge is 2.33. The van der Waals surface area contributed by atoms with Crippen molar-refractivity contribution in [3.63, 3.8) is 0 Å². The van der Waals surface area contributed by atoms with E-state index in [4.69, 9.17) is 0 Å². The number of aromatic nitrogens is 1. The summed E-state index contributed by atoms with van der Waals surface area (Å²) in [5, 5.41) is 5.40. The van der Waals surface area contributed by atoms with Crippen LogP contribution in [0.3, 0.4) is 0 Å². The topological polar surface area (TPSA) is 54.3 Å². The molecule has 0 radical (unpaired) electrons. The fraction of sp³-hybridized carbons (Fsp3) is 0.652. The largest absolute Gasteiger partial charge is 0.353 e. The predicted octanol–water partition coefficient (Wildman–Crippen LogP) is 4.52. The average Bonchev–Trinajstić information content (AvgIpc) is 3.32. The molecule has 2 fully saturated rings. The van der Waals surface area contributed by atoms with E-state index in [1.165, 1.54) is 17.5 Å². The highest BCUT2D eigenvalue weighted by molar-refractivity contribution is 7.17. The first-order valence-electron chi connectivity index (χ1n) is 11.2. The summed E-state index contributed by atoms with van der Waals surface area (Å²) in [6.07, 6.45) is 5.09. The molecule has 1 N–H and O–H groups in total. The zero-order chi connectivity index (χ0) is 20.5. The van der Waals surface area contributed by atoms with Gasteiger partial charge in [-0.05, 0) is 55.5 Å². The molecule has 29 heavy (non-hydrogen) atoms. The fourth-order valence-electron chi connectivity index (χ4n) is 5.09. The molecule has 0 bridgehead atoms. The lowest BCUT2D eigenvalue weighted by Gasteiger charge is -2.37. The van der Waals surface area contributed by atoms with Crippen molar-refractivity contribution in [2.24, 2.45) is 17.8 Å². The van der Waals surface area contributed by atoms with Crippen molar-refractivity contribution in [1.82, 2.24) is 14.8 Å². The van der Waals surface area contributed by atoms with Crippen LogP contribution in [-0.2, 0) is 11.3 Å². The van der Waals surface area contributed by atoms with Crippen molar-refractivity contribution in [2.75, 3.05) is 13.1 Å². The Kier molecular flexibility index (Phi) is 6.00. The van der Waals surface area contributed by atoms with Crippen LogP contribution in [0.25, 0.3) is 10.2 Å². The summed E-state index contributed by atoms with van der Waals surface area (Å²) in [5.41, 5.74) is 1.92. The lowest BCUT2D eigenvalue weighted by molar-refractivity contribution is -0.127. The Hall–Kier alpha value is -1.82. The summed E-state index contributed by atoms with van der Waals surface area (Å²) in [6.45, 7) is 8.76. The number of hydrogen-bond donors (Lipinski definition) is 1. The second-order valence-electron chi connectivity index (χ2n) is 8.89. The molecule has 4 rings (SSSR count). The van der Waals surface area contributed by atoms with E-state index in [-0.39, 0.29) is 17.7 Å². The minimum atomic E-state index is 0.0323. The fourth-order valence-corrected chi connectivity index (χ4v) is 5.91. The number of likely N-dealkylation sites (tertiary alicyclic amines) is 1. The molecule has 2 aromatic heterocycles. The number of nitrogens with zero attached hydrogens (tertiary/aromatic N) is 2. The molecule has 158 valence electrons. The van der Waals surface area contributed by atoms with Crippen LogP contribution in [0.1, 0.15) is 63.4 Å². The summed E-state index contributed by atoms with van der Waals surface area (Å²) in [6, 6.07) is 4.42. The van der Waals surface area contributed by atoms with Gasteiger partial charge in [-0.2, -0.15) is 0 Å². The summed E-state index contributed by atoms with van der Waals surface area (Å²) >= 11 is 1.68. The van der Waals surface area contributed by atoms with Gasteiger partial charge in [0, 0.05) is 31.6 Å². The third kappa shape index (κ3) is 3.96. The van der Waals surface area contributed by atoms with Gasteiger partial charge in [0.1, 0.15) is 5.69 Å². The maximum Gasteiger partial charge on any atom is 0.270 e. The van der Waals surface area contributed by atoms with Crippen LogP contribution in [-0.4, -0.2) is 40.4 Å². The van der Waals surface area contributed by atoms with E-state index in [0.717, 1.165) is 37.0 Å². The predicted molar refractivity (Wildman–Crippen MR) is 118 cm³/mol. The molecule has 2 aromatic rings. The third-order valence-electron chi connectivity index (χ3n) is 7.25. The second kappa shape index (κ2) is 8.50. The van der Waals surface area contributed by atoms with Crippen LogP contribution in [0.4, 0.5) is 0 Å². The lowest BCUT2D eigenvalue weighted by Crippen LogP contribution is -2.48. The Morgan fingerprint density at radius 3 is 2.66 bits per heavy atom. The number of fused-ring (bicyclic) bond motifs is 1. The number of carbonyl (C=O) groups excluding carboxylic acids is 2. The SMILES string of the molecule is CCn1c(C(=O)N2CCC(C(=O)N[C@@H]3CCC[C@H](C)[C@@H]3C)CC2)cc2sccc21. The average molecular weight is 416 g/mol. The number of hydrogen-bond acceptors (Lipinski definition) is 3. The number of aryl methyl sites for hydroxylation is 1. The first kappa shape index (κ1) is 20.5. The van der Waals surface area contributed by atoms with E-state index in [2.05, 4.69) is 42.1 Å². The first-order valence-corrected chi connectivity index (χ1v) is 12.0. The van der Waals surface area contributed by atoms with Gasteiger partial charge in [-0.15, -0.1) is 11.3 Å². The molecular weight excluding hydrogens is 382 g/mol. The van der Waals surface area contributed by atoms with Crippen molar-refractivity contribution in [2.45, 2.75) is 65.5 Å². The van der Waals surface area contributed by atoms with E-state index in [1.807, 2.05) is 11.0 Å². The number of thiophene rings is 1. The standard InChI is InChI=1S/C23H33N3O2S/c1-4-26-19-10-13-29-21(19)14-20(26)23(28)25-11-8-17(9-12-25)22(27)24-18-7-5-6-15(2)16(18)3/h10,13-18H,4-9,11-12H2,1-3H3,(H,24,27)/t15-,16-,18+/m0/s1. The van der Waals surface area contributed by atoms with Gasteiger partial charge in [0.25, 0.3) is 5.91 Å². The van der Waals surface area contributed by atoms with E-state index in [1.54, 1.807) is 11.3 Å². The van der Waals surface area contributed by atoms with E-state index in [0.29, 0.717) is 31.0 Å². The summed E-state index contributed by atoms with van der Waals surface area (Å²) in [4.78, 5) is 27.9. The van der Waals surface area contributed by atoms with Crippen molar-refractivity contribution in [3.05, 3.63) is 23.2 Å².